The minimum absolute atomic E-state index is 0.438. The zero-order valence-electron chi connectivity index (χ0n) is 7.32. The molecule has 0 aromatic heterocycles. The highest BCUT2D eigenvalue weighted by Crippen LogP contribution is 2.39. The summed E-state index contributed by atoms with van der Waals surface area (Å²) in [4.78, 5) is 2.31. The lowest BCUT2D eigenvalue weighted by Gasteiger charge is -2.38. The highest BCUT2D eigenvalue weighted by atomic mass is 16.3. The van der Waals surface area contributed by atoms with Crippen molar-refractivity contribution in [1.82, 2.24) is 4.90 Å². The zero-order valence-corrected chi connectivity index (χ0v) is 7.32. The molecule has 66 valence electrons. The Labute approximate surface area is 72.6 Å². The lowest BCUT2D eigenvalue weighted by atomic mass is 9.88. The number of hydrogen-bond donors (Lipinski definition) is 1. The Kier molecular flexibility index (Phi) is 1.64. The second kappa shape index (κ2) is 2.45. The molecule has 0 aromatic rings. The van der Waals surface area contributed by atoms with Crippen molar-refractivity contribution in [3.63, 3.8) is 0 Å². The summed E-state index contributed by atoms with van der Waals surface area (Å²) in [6.45, 7) is 0. The van der Waals surface area contributed by atoms with Crippen LogP contribution in [0.5, 0.6) is 0 Å². The molecule has 12 heavy (non-hydrogen) atoms. The summed E-state index contributed by atoms with van der Waals surface area (Å²) in [5.41, 5.74) is -1.03. The van der Waals surface area contributed by atoms with Crippen LogP contribution in [0.2, 0.25) is 0 Å². The molecule has 1 unspecified atom stereocenters. The fraction of sp³-hybridized carbons (Fsp3) is 0.889. The Hall–Kier alpha value is -0.590. The Morgan fingerprint density at radius 3 is 2.33 bits per heavy atom. The molecule has 0 saturated carbocycles. The summed E-state index contributed by atoms with van der Waals surface area (Å²) in [7, 11) is 2.10. The average Bonchev–Trinajstić information content (AvgIpc) is 2.32. The number of nitrogens with zero attached hydrogens (tertiary/aromatic N) is 2. The monoisotopic (exact) mass is 166 g/mol. The molecule has 2 aliphatic rings. The first-order valence-corrected chi connectivity index (χ1v) is 4.50. The Bertz CT molecular complexity index is 219. The number of piperidine rings is 1. The molecule has 3 atom stereocenters. The van der Waals surface area contributed by atoms with Crippen LogP contribution in [0.1, 0.15) is 25.7 Å². The maximum atomic E-state index is 9.79. The van der Waals surface area contributed by atoms with Crippen LogP contribution >= 0.6 is 0 Å². The third-order valence-electron chi connectivity index (χ3n) is 3.34. The predicted molar refractivity (Wildman–Crippen MR) is 44.4 cm³/mol. The molecule has 3 heteroatoms. The SMILES string of the molecule is CN1[C@@H]2CC[C@H]1CC(O)(C#N)C2. The molecule has 0 radical (unpaired) electrons. The highest BCUT2D eigenvalue weighted by molar-refractivity contribution is 5.10. The van der Waals surface area contributed by atoms with E-state index >= 15 is 0 Å². The fourth-order valence-corrected chi connectivity index (χ4v) is 2.54. The highest BCUT2D eigenvalue weighted by Gasteiger charge is 2.46. The van der Waals surface area contributed by atoms with E-state index in [1.165, 1.54) is 0 Å². The largest absolute Gasteiger partial charge is 0.375 e. The third kappa shape index (κ3) is 1.03. The summed E-state index contributed by atoms with van der Waals surface area (Å²) >= 11 is 0. The van der Waals surface area contributed by atoms with Gasteiger partial charge in [0, 0.05) is 24.9 Å². The van der Waals surface area contributed by atoms with Crippen molar-refractivity contribution in [2.45, 2.75) is 43.4 Å². The predicted octanol–water partition coefficient (Wildman–Crippen LogP) is 0.498. The quantitative estimate of drug-likeness (QED) is 0.533. The standard InChI is InChI=1S/C9H14N2O/c1-11-7-2-3-8(11)5-9(12,4-7)6-10/h7-8,12H,2-5H2,1H3/t7-,8+,9?. The van der Waals surface area contributed by atoms with Crippen LogP contribution in [0.3, 0.4) is 0 Å². The van der Waals surface area contributed by atoms with Crippen molar-refractivity contribution < 1.29 is 5.11 Å². The fourth-order valence-electron chi connectivity index (χ4n) is 2.54. The van der Waals surface area contributed by atoms with Gasteiger partial charge in [0.2, 0.25) is 0 Å². The van der Waals surface area contributed by atoms with Gasteiger partial charge in [0.15, 0.2) is 5.60 Å². The van der Waals surface area contributed by atoms with Crippen molar-refractivity contribution in [3.8, 4) is 6.07 Å². The first-order valence-electron chi connectivity index (χ1n) is 4.50. The van der Waals surface area contributed by atoms with Crippen molar-refractivity contribution in [2.24, 2.45) is 0 Å². The maximum absolute atomic E-state index is 9.79. The van der Waals surface area contributed by atoms with Crippen molar-refractivity contribution in [2.75, 3.05) is 7.05 Å². The Morgan fingerprint density at radius 2 is 1.92 bits per heavy atom. The number of hydrogen-bond acceptors (Lipinski definition) is 3. The van der Waals surface area contributed by atoms with E-state index in [-0.39, 0.29) is 0 Å². The summed E-state index contributed by atoms with van der Waals surface area (Å²) in [5, 5.41) is 18.6. The number of fused-ring (bicyclic) bond motifs is 2. The van der Waals surface area contributed by atoms with Gasteiger partial charge in [-0.15, -0.1) is 0 Å². The van der Waals surface area contributed by atoms with Crippen LogP contribution in [0.15, 0.2) is 0 Å². The Balaban J connectivity index is 2.18. The van der Waals surface area contributed by atoms with Crippen LogP contribution in [-0.4, -0.2) is 34.7 Å². The van der Waals surface area contributed by atoms with Gasteiger partial charge in [0.25, 0.3) is 0 Å². The van der Waals surface area contributed by atoms with Gasteiger partial charge in [0.05, 0.1) is 6.07 Å². The molecule has 2 heterocycles. The first-order chi connectivity index (χ1) is 5.64. The Morgan fingerprint density at radius 1 is 1.42 bits per heavy atom. The lowest BCUT2D eigenvalue weighted by molar-refractivity contribution is -0.00173. The summed E-state index contributed by atoms with van der Waals surface area (Å²) in [6, 6.07) is 2.91. The third-order valence-corrected chi connectivity index (χ3v) is 3.34. The lowest BCUT2D eigenvalue weighted by Crippen LogP contribution is -2.48. The van der Waals surface area contributed by atoms with Crippen LogP contribution in [0.4, 0.5) is 0 Å². The van der Waals surface area contributed by atoms with E-state index in [4.69, 9.17) is 5.26 Å². The van der Waals surface area contributed by atoms with E-state index in [9.17, 15) is 5.11 Å². The molecular formula is C9H14N2O. The van der Waals surface area contributed by atoms with E-state index in [0.29, 0.717) is 24.9 Å². The summed E-state index contributed by atoms with van der Waals surface area (Å²) < 4.78 is 0. The summed E-state index contributed by atoms with van der Waals surface area (Å²) in [5.74, 6) is 0. The maximum Gasteiger partial charge on any atom is 0.154 e. The van der Waals surface area contributed by atoms with Gasteiger partial charge in [-0.05, 0) is 19.9 Å². The summed E-state index contributed by atoms with van der Waals surface area (Å²) in [6.07, 6.45) is 3.56. The molecule has 0 aliphatic carbocycles. The minimum atomic E-state index is -1.03. The first kappa shape index (κ1) is 8.03. The van der Waals surface area contributed by atoms with Gasteiger partial charge in [-0.2, -0.15) is 5.26 Å². The van der Waals surface area contributed by atoms with Crippen molar-refractivity contribution in [1.29, 1.82) is 5.26 Å². The molecule has 1 N–H and O–H groups in total. The molecule has 2 fully saturated rings. The normalized spacial score (nSPS) is 47.4. The molecule has 0 amide bonds. The molecule has 2 bridgehead atoms. The van der Waals surface area contributed by atoms with Crippen LogP contribution in [-0.2, 0) is 0 Å². The number of aliphatic hydroxyl groups is 1. The van der Waals surface area contributed by atoms with Gasteiger partial charge in [0.1, 0.15) is 0 Å². The van der Waals surface area contributed by atoms with Gasteiger partial charge in [-0.3, -0.25) is 0 Å². The zero-order chi connectivity index (χ0) is 8.77. The van der Waals surface area contributed by atoms with Crippen LogP contribution < -0.4 is 0 Å². The number of rotatable bonds is 0. The van der Waals surface area contributed by atoms with E-state index in [2.05, 4.69) is 11.9 Å². The van der Waals surface area contributed by atoms with Gasteiger partial charge >= 0.3 is 0 Å². The molecule has 2 saturated heterocycles. The van der Waals surface area contributed by atoms with Crippen LogP contribution in [0, 0.1) is 11.3 Å². The molecule has 2 aliphatic heterocycles. The van der Waals surface area contributed by atoms with Crippen molar-refractivity contribution >= 4 is 0 Å². The van der Waals surface area contributed by atoms with E-state index < -0.39 is 5.60 Å². The molecule has 0 spiro atoms. The van der Waals surface area contributed by atoms with Gasteiger partial charge in [-0.25, -0.2) is 0 Å². The van der Waals surface area contributed by atoms with Gasteiger partial charge < -0.3 is 10.0 Å². The molecule has 2 rings (SSSR count). The molecule has 3 nitrogen and oxygen atoms in total. The van der Waals surface area contributed by atoms with E-state index in [1.54, 1.807) is 0 Å². The average molecular weight is 166 g/mol. The number of nitriles is 1. The van der Waals surface area contributed by atoms with E-state index in [0.717, 1.165) is 12.8 Å². The van der Waals surface area contributed by atoms with Crippen molar-refractivity contribution in [3.05, 3.63) is 0 Å². The second-order valence-electron chi connectivity index (χ2n) is 4.10. The van der Waals surface area contributed by atoms with Gasteiger partial charge in [-0.1, -0.05) is 0 Å². The minimum Gasteiger partial charge on any atom is -0.375 e. The van der Waals surface area contributed by atoms with Crippen LogP contribution in [0.25, 0.3) is 0 Å². The second-order valence-corrected chi connectivity index (χ2v) is 4.10. The molecular weight excluding hydrogens is 152 g/mol. The molecule has 0 aromatic carbocycles. The topological polar surface area (TPSA) is 47.3 Å². The smallest absolute Gasteiger partial charge is 0.154 e. The van der Waals surface area contributed by atoms with E-state index in [1.807, 2.05) is 6.07 Å².